The molecule has 4 nitrogen and oxygen atoms in total. The van der Waals surface area contributed by atoms with E-state index < -0.39 is 0 Å². The van der Waals surface area contributed by atoms with E-state index in [0.29, 0.717) is 17.2 Å². The van der Waals surface area contributed by atoms with Crippen molar-refractivity contribution in [3.05, 3.63) is 27.7 Å². The molecule has 1 aromatic rings. The zero-order valence-corrected chi connectivity index (χ0v) is 14.0. The average Bonchev–Trinajstić information content (AvgIpc) is 2.36. The highest BCUT2D eigenvalue weighted by molar-refractivity contribution is 9.10. The number of aryl methyl sites for hydroxylation is 1. The lowest BCUT2D eigenvalue weighted by Crippen LogP contribution is -2.39. The minimum atomic E-state index is -0.155. The van der Waals surface area contributed by atoms with Gasteiger partial charge < -0.3 is 15.2 Å². The van der Waals surface area contributed by atoms with Crippen LogP contribution >= 0.6 is 15.9 Å². The SMILES string of the molecule is Cc1cc(Br)cc(CO)c1OCC(=O)NC(C)C(C)C. The molecule has 0 bridgehead atoms. The van der Waals surface area contributed by atoms with Gasteiger partial charge in [-0.3, -0.25) is 4.79 Å². The molecular formula is C15H22BrNO3. The van der Waals surface area contributed by atoms with Gasteiger partial charge in [-0.25, -0.2) is 0 Å². The van der Waals surface area contributed by atoms with Crippen molar-refractivity contribution in [2.45, 2.75) is 40.3 Å². The van der Waals surface area contributed by atoms with E-state index in [1.165, 1.54) is 0 Å². The molecule has 112 valence electrons. The molecule has 0 fully saturated rings. The number of halogens is 1. The second-order valence-electron chi connectivity index (χ2n) is 5.26. The Bertz CT molecular complexity index is 474. The number of amides is 1. The number of ether oxygens (including phenoxy) is 1. The number of aliphatic hydroxyl groups excluding tert-OH is 1. The van der Waals surface area contributed by atoms with Crippen LogP contribution in [0, 0.1) is 12.8 Å². The molecule has 0 aliphatic carbocycles. The molecule has 0 heterocycles. The molecule has 1 unspecified atom stereocenters. The summed E-state index contributed by atoms with van der Waals surface area (Å²) in [6, 6.07) is 3.79. The number of hydrogen-bond acceptors (Lipinski definition) is 3. The molecule has 0 saturated heterocycles. The molecule has 1 amide bonds. The summed E-state index contributed by atoms with van der Waals surface area (Å²) < 4.78 is 6.44. The highest BCUT2D eigenvalue weighted by atomic mass is 79.9. The number of carbonyl (C=O) groups is 1. The average molecular weight is 344 g/mol. The molecular weight excluding hydrogens is 322 g/mol. The van der Waals surface area contributed by atoms with Gasteiger partial charge in [0.15, 0.2) is 6.61 Å². The van der Waals surface area contributed by atoms with E-state index >= 15 is 0 Å². The topological polar surface area (TPSA) is 58.6 Å². The predicted molar refractivity (Wildman–Crippen MR) is 82.7 cm³/mol. The van der Waals surface area contributed by atoms with Crippen molar-refractivity contribution in [1.29, 1.82) is 0 Å². The van der Waals surface area contributed by atoms with E-state index in [1.807, 2.05) is 19.9 Å². The molecule has 0 aliphatic rings. The lowest BCUT2D eigenvalue weighted by atomic mass is 10.1. The first kappa shape index (κ1) is 17.0. The summed E-state index contributed by atoms with van der Waals surface area (Å²) in [5, 5.41) is 12.2. The summed E-state index contributed by atoms with van der Waals surface area (Å²) in [7, 11) is 0. The third-order valence-corrected chi connectivity index (χ3v) is 3.68. The maximum Gasteiger partial charge on any atom is 0.258 e. The number of carbonyl (C=O) groups excluding carboxylic acids is 1. The number of benzene rings is 1. The Kier molecular flexibility index (Phi) is 6.49. The summed E-state index contributed by atoms with van der Waals surface area (Å²) in [5.41, 5.74) is 1.55. The largest absolute Gasteiger partial charge is 0.483 e. The Labute approximate surface area is 128 Å². The maximum absolute atomic E-state index is 11.8. The van der Waals surface area contributed by atoms with E-state index in [9.17, 15) is 9.90 Å². The van der Waals surface area contributed by atoms with Crippen LogP contribution in [-0.4, -0.2) is 23.7 Å². The van der Waals surface area contributed by atoms with E-state index in [0.717, 1.165) is 10.0 Å². The first-order chi connectivity index (χ1) is 9.35. The summed E-state index contributed by atoms with van der Waals surface area (Å²) in [6.45, 7) is 7.77. The van der Waals surface area contributed by atoms with Gasteiger partial charge in [0.2, 0.25) is 0 Å². The lowest BCUT2D eigenvalue weighted by molar-refractivity contribution is -0.124. The first-order valence-corrected chi connectivity index (χ1v) is 7.46. The summed E-state index contributed by atoms with van der Waals surface area (Å²) in [4.78, 5) is 11.8. The molecule has 0 saturated carbocycles. The van der Waals surface area contributed by atoms with Gasteiger partial charge in [0.05, 0.1) is 6.61 Å². The number of nitrogens with one attached hydrogen (secondary N) is 1. The highest BCUT2D eigenvalue weighted by Gasteiger charge is 2.13. The lowest BCUT2D eigenvalue weighted by Gasteiger charge is -2.18. The summed E-state index contributed by atoms with van der Waals surface area (Å²) >= 11 is 3.37. The molecule has 2 N–H and O–H groups in total. The summed E-state index contributed by atoms with van der Waals surface area (Å²) in [6.07, 6.45) is 0. The van der Waals surface area contributed by atoms with Gasteiger partial charge in [-0.05, 0) is 37.5 Å². The fourth-order valence-corrected chi connectivity index (χ4v) is 2.34. The maximum atomic E-state index is 11.8. The van der Waals surface area contributed by atoms with Crippen molar-refractivity contribution in [3.63, 3.8) is 0 Å². The van der Waals surface area contributed by atoms with Crippen LogP contribution in [0.1, 0.15) is 31.9 Å². The Balaban J connectivity index is 2.68. The molecule has 1 rings (SSSR count). The van der Waals surface area contributed by atoms with E-state index in [2.05, 4.69) is 35.1 Å². The molecule has 0 spiro atoms. The number of rotatable bonds is 6. The van der Waals surface area contributed by atoms with Crippen LogP contribution in [0.25, 0.3) is 0 Å². The van der Waals surface area contributed by atoms with Gasteiger partial charge in [-0.1, -0.05) is 29.8 Å². The second-order valence-corrected chi connectivity index (χ2v) is 6.17. The molecule has 20 heavy (non-hydrogen) atoms. The van der Waals surface area contributed by atoms with Gasteiger partial charge in [0.1, 0.15) is 5.75 Å². The van der Waals surface area contributed by atoms with Crippen LogP contribution in [0.15, 0.2) is 16.6 Å². The van der Waals surface area contributed by atoms with Gasteiger partial charge in [0, 0.05) is 16.1 Å². The zero-order valence-electron chi connectivity index (χ0n) is 12.4. The monoisotopic (exact) mass is 343 g/mol. The Morgan fingerprint density at radius 3 is 2.60 bits per heavy atom. The van der Waals surface area contributed by atoms with Crippen molar-refractivity contribution >= 4 is 21.8 Å². The second kappa shape index (κ2) is 7.64. The third-order valence-electron chi connectivity index (χ3n) is 3.22. The minimum Gasteiger partial charge on any atom is -0.483 e. The highest BCUT2D eigenvalue weighted by Crippen LogP contribution is 2.28. The normalized spacial score (nSPS) is 12.3. The van der Waals surface area contributed by atoms with Gasteiger partial charge >= 0.3 is 0 Å². The smallest absolute Gasteiger partial charge is 0.258 e. The number of hydrogen-bond donors (Lipinski definition) is 2. The van der Waals surface area contributed by atoms with Crippen molar-refractivity contribution in [1.82, 2.24) is 5.32 Å². The Hall–Kier alpha value is -1.07. The molecule has 0 aliphatic heterocycles. The standard InChI is InChI=1S/C15H22BrNO3/c1-9(2)11(4)17-14(19)8-20-15-10(3)5-13(16)6-12(15)7-18/h5-6,9,11,18H,7-8H2,1-4H3,(H,17,19). The molecule has 1 aromatic carbocycles. The van der Waals surface area contributed by atoms with Crippen LogP contribution in [-0.2, 0) is 11.4 Å². The first-order valence-electron chi connectivity index (χ1n) is 6.67. The molecule has 5 heteroatoms. The predicted octanol–water partition coefficient (Wildman–Crippen LogP) is 2.79. The fourth-order valence-electron chi connectivity index (χ4n) is 1.72. The Morgan fingerprint density at radius 1 is 1.40 bits per heavy atom. The minimum absolute atomic E-state index is 0.0491. The summed E-state index contributed by atoms with van der Waals surface area (Å²) in [5.74, 6) is 0.793. The third kappa shape index (κ3) is 4.80. The Morgan fingerprint density at radius 2 is 2.05 bits per heavy atom. The van der Waals surface area contributed by atoms with Crippen molar-refractivity contribution in [2.24, 2.45) is 5.92 Å². The van der Waals surface area contributed by atoms with Crippen LogP contribution in [0.4, 0.5) is 0 Å². The van der Waals surface area contributed by atoms with Crippen LogP contribution < -0.4 is 10.1 Å². The van der Waals surface area contributed by atoms with Crippen molar-refractivity contribution in [3.8, 4) is 5.75 Å². The van der Waals surface area contributed by atoms with Crippen LogP contribution in [0.5, 0.6) is 5.75 Å². The van der Waals surface area contributed by atoms with Crippen LogP contribution in [0.2, 0.25) is 0 Å². The molecule has 1 atom stereocenters. The van der Waals surface area contributed by atoms with Gasteiger partial charge in [0.25, 0.3) is 5.91 Å². The van der Waals surface area contributed by atoms with Gasteiger partial charge in [-0.2, -0.15) is 0 Å². The van der Waals surface area contributed by atoms with E-state index in [-0.39, 0.29) is 25.2 Å². The van der Waals surface area contributed by atoms with Crippen molar-refractivity contribution in [2.75, 3.05) is 6.61 Å². The zero-order chi connectivity index (χ0) is 15.3. The van der Waals surface area contributed by atoms with Crippen LogP contribution in [0.3, 0.4) is 0 Å². The molecule has 0 aromatic heterocycles. The van der Waals surface area contributed by atoms with E-state index in [1.54, 1.807) is 6.07 Å². The van der Waals surface area contributed by atoms with E-state index in [4.69, 9.17) is 4.74 Å². The van der Waals surface area contributed by atoms with Crippen molar-refractivity contribution < 1.29 is 14.6 Å². The van der Waals surface area contributed by atoms with Gasteiger partial charge in [-0.15, -0.1) is 0 Å². The molecule has 0 radical (unpaired) electrons. The quantitative estimate of drug-likeness (QED) is 0.834. The number of aliphatic hydroxyl groups is 1. The fraction of sp³-hybridized carbons (Fsp3) is 0.533.